The molecular weight excluding hydrogens is 532 g/mol. The number of benzene rings is 2. The van der Waals surface area contributed by atoms with Crippen molar-refractivity contribution >= 4 is 35.6 Å². The van der Waals surface area contributed by atoms with Gasteiger partial charge in [-0.2, -0.15) is 5.10 Å². The standard InChI is InChI=1S/C27H32N6O4SSi/c1-32-25(21-9-6-5-7-10-21)19-24(31-32)26(34)30-22-11-13-23(14-12-22)38(35,36)33(27-28-15-8-16-29-27)20-37-17-18-39(2,3)4/h5-16,19H,17-18,20H2,1-4H3,(H,30,34). The van der Waals surface area contributed by atoms with Gasteiger partial charge in [0.1, 0.15) is 6.73 Å². The quantitative estimate of drug-likeness (QED) is 0.160. The Morgan fingerprint density at radius 3 is 2.31 bits per heavy atom. The second kappa shape index (κ2) is 11.9. The Kier molecular flexibility index (Phi) is 8.58. The summed E-state index contributed by atoms with van der Waals surface area (Å²) in [6.45, 7) is 6.91. The van der Waals surface area contributed by atoms with E-state index < -0.39 is 24.0 Å². The third-order valence-corrected chi connectivity index (χ3v) is 9.28. The molecule has 2 aromatic heterocycles. The monoisotopic (exact) mass is 564 g/mol. The molecule has 0 aliphatic heterocycles. The van der Waals surface area contributed by atoms with E-state index in [0.29, 0.717) is 12.3 Å². The molecule has 39 heavy (non-hydrogen) atoms. The van der Waals surface area contributed by atoms with Gasteiger partial charge in [-0.05, 0) is 48.0 Å². The van der Waals surface area contributed by atoms with Crippen LogP contribution in [-0.2, 0) is 21.8 Å². The van der Waals surface area contributed by atoms with Crippen molar-refractivity contribution in [1.82, 2.24) is 19.7 Å². The first-order chi connectivity index (χ1) is 18.5. The van der Waals surface area contributed by atoms with Crippen molar-refractivity contribution < 1.29 is 17.9 Å². The number of aryl methyl sites for hydroxylation is 1. The maximum Gasteiger partial charge on any atom is 0.276 e. The fourth-order valence-electron chi connectivity index (χ4n) is 3.67. The first-order valence-corrected chi connectivity index (χ1v) is 17.6. The van der Waals surface area contributed by atoms with Crippen molar-refractivity contribution in [2.45, 2.75) is 30.6 Å². The van der Waals surface area contributed by atoms with E-state index >= 15 is 0 Å². The highest BCUT2D eigenvalue weighted by Gasteiger charge is 2.27. The Morgan fingerprint density at radius 2 is 1.67 bits per heavy atom. The van der Waals surface area contributed by atoms with E-state index in [2.05, 4.69) is 40.0 Å². The summed E-state index contributed by atoms with van der Waals surface area (Å²) in [6.07, 6.45) is 2.96. The van der Waals surface area contributed by atoms with Crippen LogP contribution in [-0.4, -0.2) is 55.5 Å². The topological polar surface area (TPSA) is 119 Å². The van der Waals surface area contributed by atoms with Crippen LogP contribution in [0.1, 0.15) is 10.5 Å². The molecule has 10 nitrogen and oxygen atoms in total. The molecule has 0 fully saturated rings. The maximum absolute atomic E-state index is 13.5. The summed E-state index contributed by atoms with van der Waals surface area (Å²) in [7, 11) is -3.61. The number of nitrogens with zero attached hydrogens (tertiary/aromatic N) is 5. The van der Waals surface area contributed by atoms with Gasteiger partial charge in [0.05, 0.1) is 10.6 Å². The molecule has 0 atom stereocenters. The number of anilines is 2. The zero-order valence-electron chi connectivity index (χ0n) is 22.4. The van der Waals surface area contributed by atoms with Gasteiger partial charge in [-0.15, -0.1) is 0 Å². The highest BCUT2D eigenvalue weighted by molar-refractivity contribution is 7.92. The summed E-state index contributed by atoms with van der Waals surface area (Å²) < 4.78 is 35.5. The van der Waals surface area contributed by atoms with Crippen molar-refractivity contribution in [3.8, 4) is 11.3 Å². The molecule has 0 bridgehead atoms. The second-order valence-corrected chi connectivity index (χ2v) is 17.6. The molecular formula is C27H32N6O4SSi. The van der Waals surface area contributed by atoms with Crippen LogP contribution in [0.2, 0.25) is 25.7 Å². The van der Waals surface area contributed by atoms with Gasteiger partial charge < -0.3 is 10.1 Å². The van der Waals surface area contributed by atoms with Gasteiger partial charge in [-0.3, -0.25) is 9.48 Å². The Morgan fingerprint density at radius 1 is 1.00 bits per heavy atom. The minimum atomic E-state index is -4.03. The van der Waals surface area contributed by atoms with Gasteiger partial charge in [-0.1, -0.05) is 50.0 Å². The lowest BCUT2D eigenvalue weighted by Gasteiger charge is -2.23. The van der Waals surface area contributed by atoms with E-state index in [-0.39, 0.29) is 23.3 Å². The van der Waals surface area contributed by atoms with Gasteiger partial charge >= 0.3 is 0 Å². The van der Waals surface area contributed by atoms with E-state index in [1.54, 1.807) is 23.9 Å². The molecule has 0 spiro atoms. The van der Waals surface area contributed by atoms with E-state index in [4.69, 9.17) is 4.74 Å². The number of carbonyl (C=O) groups is 1. The lowest BCUT2D eigenvalue weighted by atomic mass is 10.1. The molecule has 4 aromatic rings. The zero-order valence-corrected chi connectivity index (χ0v) is 24.2. The zero-order chi connectivity index (χ0) is 28.0. The van der Waals surface area contributed by atoms with Gasteiger partial charge in [-0.25, -0.2) is 22.7 Å². The number of carbonyl (C=O) groups excluding carboxylic acids is 1. The van der Waals surface area contributed by atoms with Crippen LogP contribution >= 0.6 is 0 Å². The molecule has 204 valence electrons. The van der Waals surface area contributed by atoms with Gasteiger partial charge in [0.2, 0.25) is 5.95 Å². The Hall–Kier alpha value is -3.87. The normalized spacial score (nSPS) is 11.8. The van der Waals surface area contributed by atoms with E-state index in [1.165, 1.54) is 36.7 Å². The Balaban J connectivity index is 1.49. The predicted molar refractivity (Wildman–Crippen MR) is 154 cm³/mol. The second-order valence-electron chi connectivity index (χ2n) is 10.1. The summed E-state index contributed by atoms with van der Waals surface area (Å²) in [5, 5.41) is 7.10. The number of nitrogens with one attached hydrogen (secondary N) is 1. The van der Waals surface area contributed by atoms with Crippen molar-refractivity contribution in [2.75, 3.05) is 23.0 Å². The number of ether oxygens (including phenoxy) is 1. The molecule has 0 unspecified atom stereocenters. The highest BCUT2D eigenvalue weighted by atomic mass is 32.2. The van der Waals surface area contributed by atoms with Crippen LogP contribution < -0.4 is 9.62 Å². The van der Waals surface area contributed by atoms with Crippen molar-refractivity contribution in [2.24, 2.45) is 7.05 Å². The van der Waals surface area contributed by atoms with Crippen LogP contribution in [0.25, 0.3) is 11.3 Å². The molecule has 2 heterocycles. The number of hydrogen-bond donors (Lipinski definition) is 1. The average Bonchev–Trinajstić information content (AvgIpc) is 3.31. The van der Waals surface area contributed by atoms with Crippen molar-refractivity contribution in [3.63, 3.8) is 0 Å². The minimum absolute atomic E-state index is 0.0194. The molecule has 0 aliphatic rings. The molecule has 0 saturated carbocycles. The first kappa shape index (κ1) is 28.1. The molecule has 0 radical (unpaired) electrons. The van der Waals surface area contributed by atoms with E-state index in [0.717, 1.165) is 21.6 Å². The van der Waals surface area contributed by atoms with Crippen molar-refractivity contribution in [3.05, 3.63) is 84.8 Å². The number of sulfonamides is 1. The molecule has 2 aromatic carbocycles. The van der Waals surface area contributed by atoms with Crippen LogP contribution in [0.5, 0.6) is 0 Å². The number of rotatable bonds is 11. The lowest BCUT2D eigenvalue weighted by molar-refractivity contribution is 0.102. The number of hydrogen-bond acceptors (Lipinski definition) is 7. The molecule has 0 aliphatic carbocycles. The van der Waals surface area contributed by atoms with Crippen LogP contribution in [0.15, 0.2) is 84.0 Å². The fourth-order valence-corrected chi connectivity index (χ4v) is 5.68. The Bertz CT molecular complexity index is 1510. The fraction of sp³-hybridized carbons (Fsp3) is 0.259. The SMILES string of the molecule is Cn1nc(C(=O)Nc2ccc(S(=O)(=O)N(COCC[Si](C)(C)C)c3ncccn3)cc2)cc1-c1ccccc1. The molecule has 1 N–H and O–H groups in total. The van der Waals surface area contributed by atoms with Crippen LogP contribution in [0, 0.1) is 0 Å². The minimum Gasteiger partial charge on any atom is -0.360 e. The summed E-state index contributed by atoms with van der Waals surface area (Å²) >= 11 is 0. The Labute approximate surface area is 229 Å². The molecule has 12 heteroatoms. The first-order valence-electron chi connectivity index (χ1n) is 12.4. The maximum atomic E-state index is 13.5. The van der Waals surface area contributed by atoms with Crippen molar-refractivity contribution in [1.29, 1.82) is 0 Å². The molecule has 4 rings (SSSR count). The van der Waals surface area contributed by atoms with Gasteiger partial charge in [0, 0.05) is 39.8 Å². The smallest absolute Gasteiger partial charge is 0.276 e. The largest absolute Gasteiger partial charge is 0.360 e. The highest BCUT2D eigenvalue weighted by Crippen LogP contribution is 2.23. The lowest BCUT2D eigenvalue weighted by Crippen LogP contribution is -2.35. The predicted octanol–water partition coefficient (Wildman–Crippen LogP) is 4.64. The summed E-state index contributed by atoms with van der Waals surface area (Å²) in [6, 6.07) is 19.8. The third-order valence-electron chi connectivity index (χ3n) is 5.86. The number of aromatic nitrogens is 4. The molecule has 1 amide bonds. The van der Waals surface area contributed by atoms with E-state index in [1.807, 2.05) is 30.3 Å². The van der Waals surface area contributed by atoms with Crippen LogP contribution in [0.3, 0.4) is 0 Å². The summed E-state index contributed by atoms with van der Waals surface area (Å²) in [4.78, 5) is 21.1. The van der Waals surface area contributed by atoms with Crippen LogP contribution in [0.4, 0.5) is 11.6 Å². The number of amides is 1. The molecule has 0 saturated heterocycles. The van der Waals surface area contributed by atoms with E-state index in [9.17, 15) is 13.2 Å². The third kappa shape index (κ3) is 7.16. The average molecular weight is 565 g/mol. The summed E-state index contributed by atoms with van der Waals surface area (Å²) in [5.41, 5.74) is 2.42. The van der Waals surface area contributed by atoms with Gasteiger partial charge in [0.15, 0.2) is 5.69 Å². The summed E-state index contributed by atoms with van der Waals surface area (Å²) in [5.74, 6) is -0.384. The van der Waals surface area contributed by atoms with Gasteiger partial charge in [0.25, 0.3) is 15.9 Å².